The lowest BCUT2D eigenvalue weighted by molar-refractivity contribution is 0.0149. The van der Waals surface area contributed by atoms with Crippen LogP contribution in [0.15, 0.2) is 29.6 Å². The Morgan fingerprint density at radius 3 is 2.88 bits per heavy atom. The van der Waals surface area contributed by atoms with Crippen LogP contribution in [0.2, 0.25) is 0 Å². The minimum atomic E-state index is -0.818. The largest absolute Gasteiger partial charge is 0.390 e. The lowest BCUT2D eigenvalue weighted by atomic mass is 9.99. The molecular formula is C13H17NO2S. The summed E-state index contributed by atoms with van der Waals surface area (Å²) in [6.07, 6.45) is -1.01. The van der Waals surface area contributed by atoms with Crippen molar-refractivity contribution in [2.24, 2.45) is 0 Å². The van der Waals surface area contributed by atoms with Crippen LogP contribution in [0.25, 0.3) is 10.1 Å². The molecule has 92 valence electrons. The number of aliphatic hydroxyl groups excluding tert-OH is 2. The fraction of sp³-hybridized carbons (Fsp3) is 0.385. The Bertz CT molecular complexity index is 483. The van der Waals surface area contributed by atoms with Gasteiger partial charge in [-0.25, -0.2) is 0 Å². The SMILES string of the molecule is CNCCC(O)C(O)c1cccc2sccc12. The second-order valence-electron chi connectivity index (χ2n) is 4.08. The Morgan fingerprint density at radius 1 is 1.29 bits per heavy atom. The standard InChI is InChI=1S/C13H17NO2S/c1-14-7-5-11(15)13(16)10-3-2-4-12-9(10)6-8-17-12/h2-4,6,8,11,13-16H,5,7H2,1H3. The van der Waals surface area contributed by atoms with Gasteiger partial charge in [0.15, 0.2) is 0 Å². The van der Waals surface area contributed by atoms with Gasteiger partial charge in [0.25, 0.3) is 0 Å². The molecule has 2 unspecified atom stereocenters. The van der Waals surface area contributed by atoms with Crippen molar-refractivity contribution in [1.29, 1.82) is 0 Å². The number of rotatable bonds is 5. The summed E-state index contributed by atoms with van der Waals surface area (Å²) in [5, 5.41) is 26.1. The van der Waals surface area contributed by atoms with Crippen LogP contribution in [-0.2, 0) is 0 Å². The molecule has 0 aliphatic rings. The van der Waals surface area contributed by atoms with Crippen molar-refractivity contribution in [2.75, 3.05) is 13.6 Å². The first-order valence-electron chi connectivity index (χ1n) is 5.71. The number of benzene rings is 1. The number of fused-ring (bicyclic) bond motifs is 1. The molecule has 17 heavy (non-hydrogen) atoms. The van der Waals surface area contributed by atoms with Gasteiger partial charge in [0.1, 0.15) is 6.10 Å². The van der Waals surface area contributed by atoms with Gasteiger partial charge in [-0.15, -0.1) is 11.3 Å². The van der Waals surface area contributed by atoms with Crippen LogP contribution in [0.3, 0.4) is 0 Å². The summed E-state index contributed by atoms with van der Waals surface area (Å²) in [5.41, 5.74) is 0.812. The molecule has 3 N–H and O–H groups in total. The molecule has 0 saturated carbocycles. The molecule has 2 aromatic rings. The number of aliphatic hydroxyl groups is 2. The highest BCUT2D eigenvalue weighted by Gasteiger charge is 2.19. The number of hydrogen-bond acceptors (Lipinski definition) is 4. The van der Waals surface area contributed by atoms with Gasteiger partial charge in [0.05, 0.1) is 6.10 Å². The van der Waals surface area contributed by atoms with Gasteiger partial charge in [-0.05, 0) is 48.5 Å². The van der Waals surface area contributed by atoms with Crippen molar-refractivity contribution < 1.29 is 10.2 Å². The molecule has 3 nitrogen and oxygen atoms in total. The van der Waals surface area contributed by atoms with E-state index >= 15 is 0 Å². The quantitative estimate of drug-likeness (QED) is 0.761. The Labute approximate surface area is 105 Å². The molecule has 4 heteroatoms. The van der Waals surface area contributed by atoms with Crippen molar-refractivity contribution in [3.05, 3.63) is 35.2 Å². The fourth-order valence-electron chi connectivity index (χ4n) is 1.93. The minimum absolute atomic E-state index is 0.540. The van der Waals surface area contributed by atoms with Crippen molar-refractivity contribution in [3.63, 3.8) is 0 Å². The normalized spacial score (nSPS) is 15.0. The first-order chi connectivity index (χ1) is 8.24. The van der Waals surface area contributed by atoms with Crippen molar-refractivity contribution in [3.8, 4) is 0 Å². The van der Waals surface area contributed by atoms with Gasteiger partial charge in [-0.3, -0.25) is 0 Å². The predicted octanol–water partition coefficient (Wildman–Crippen LogP) is 1.91. The van der Waals surface area contributed by atoms with Crippen LogP contribution in [0.1, 0.15) is 18.1 Å². The maximum absolute atomic E-state index is 10.2. The second-order valence-corrected chi connectivity index (χ2v) is 5.03. The third-order valence-electron chi connectivity index (χ3n) is 2.90. The number of nitrogens with one attached hydrogen (secondary N) is 1. The molecule has 0 amide bonds. The number of thiophene rings is 1. The zero-order chi connectivity index (χ0) is 12.3. The third-order valence-corrected chi connectivity index (χ3v) is 3.78. The molecule has 1 aromatic carbocycles. The van der Waals surface area contributed by atoms with Gasteiger partial charge in [-0.2, -0.15) is 0 Å². The van der Waals surface area contributed by atoms with Gasteiger partial charge < -0.3 is 15.5 Å². The van der Waals surface area contributed by atoms with E-state index in [9.17, 15) is 10.2 Å². The van der Waals surface area contributed by atoms with Crippen LogP contribution >= 0.6 is 11.3 Å². The molecular weight excluding hydrogens is 234 g/mol. The zero-order valence-corrected chi connectivity index (χ0v) is 10.6. The molecule has 0 bridgehead atoms. The zero-order valence-electron chi connectivity index (χ0n) is 9.76. The van der Waals surface area contributed by atoms with Crippen LogP contribution in [0.5, 0.6) is 0 Å². The molecule has 0 aliphatic carbocycles. The van der Waals surface area contributed by atoms with E-state index in [0.717, 1.165) is 15.6 Å². The average molecular weight is 251 g/mol. The van der Waals surface area contributed by atoms with Crippen LogP contribution in [-0.4, -0.2) is 29.9 Å². The van der Waals surface area contributed by atoms with Gasteiger partial charge in [-0.1, -0.05) is 12.1 Å². The lowest BCUT2D eigenvalue weighted by Crippen LogP contribution is -2.23. The maximum Gasteiger partial charge on any atom is 0.106 e. The van der Waals surface area contributed by atoms with E-state index in [0.29, 0.717) is 13.0 Å². The highest BCUT2D eigenvalue weighted by molar-refractivity contribution is 7.17. The van der Waals surface area contributed by atoms with Crippen LogP contribution in [0.4, 0.5) is 0 Å². The van der Waals surface area contributed by atoms with Gasteiger partial charge >= 0.3 is 0 Å². The Balaban J connectivity index is 2.23. The van der Waals surface area contributed by atoms with Gasteiger partial charge in [0, 0.05) is 4.70 Å². The van der Waals surface area contributed by atoms with E-state index in [1.807, 2.05) is 36.7 Å². The molecule has 2 rings (SSSR count). The van der Waals surface area contributed by atoms with Gasteiger partial charge in [0.2, 0.25) is 0 Å². The number of hydrogen-bond donors (Lipinski definition) is 3. The molecule has 2 atom stereocenters. The summed E-state index contributed by atoms with van der Waals surface area (Å²) in [5.74, 6) is 0. The fourth-order valence-corrected chi connectivity index (χ4v) is 2.75. The molecule has 1 aromatic heterocycles. The third kappa shape index (κ3) is 2.66. The lowest BCUT2D eigenvalue weighted by Gasteiger charge is -2.18. The van der Waals surface area contributed by atoms with E-state index in [1.54, 1.807) is 11.3 Å². The topological polar surface area (TPSA) is 52.5 Å². The van der Waals surface area contributed by atoms with Crippen molar-refractivity contribution in [1.82, 2.24) is 5.32 Å². The summed E-state index contributed by atoms with van der Waals surface area (Å²) in [6.45, 7) is 0.692. The summed E-state index contributed by atoms with van der Waals surface area (Å²) >= 11 is 1.64. The smallest absolute Gasteiger partial charge is 0.106 e. The van der Waals surface area contributed by atoms with E-state index < -0.39 is 12.2 Å². The first kappa shape index (κ1) is 12.5. The van der Waals surface area contributed by atoms with Crippen LogP contribution in [0, 0.1) is 0 Å². The molecule has 0 saturated heterocycles. The van der Waals surface area contributed by atoms with E-state index in [4.69, 9.17) is 0 Å². The van der Waals surface area contributed by atoms with Crippen LogP contribution < -0.4 is 5.32 Å². The van der Waals surface area contributed by atoms with Crippen molar-refractivity contribution >= 4 is 21.4 Å². The predicted molar refractivity (Wildman–Crippen MR) is 71.3 cm³/mol. The van der Waals surface area contributed by atoms with E-state index in [2.05, 4.69) is 5.32 Å². The summed E-state index contributed by atoms with van der Waals surface area (Å²) in [7, 11) is 1.83. The van der Waals surface area contributed by atoms with E-state index in [1.165, 1.54) is 0 Å². The highest BCUT2D eigenvalue weighted by Crippen LogP contribution is 2.30. The molecule has 0 radical (unpaired) electrons. The first-order valence-corrected chi connectivity index (χ1v) is 6.59. The summed E-state index contributed by atoms with van der Waals surface area (Å²) in [4.78, 5) is 0. The Kier molecular flexibility index (Phi) is 4.12. The second kappa shape index (κ2) is 5.60. The molecule has 0 spiro atoms. The molecule has 0 fully saturated rings. The molecule has 0 aliphatic heterocycles. The monoisotopic (exact) mass is 251 g/mol. The van der Waals surface area contributed by atoms with E-state index in [-0.39, 0.29) is 0 Å². The summed E-state index contributed by atoms with van der Waals surface area (Å²) < 4.78 is 1.14. The minimum Gasteiger partial charge on any atom is -0.390 e. The highest BCUT2D eigenvalue weighted by atomic mass is 32.1. The van der Waals surface area contributed by atoms with Crippen molar-refractivity contribution in [2.45, 2.75) is 18.6 Å². The average Bonchev–Trinajstić information content (AvgIpc) is 2.82. The Morgan fingerprint density at radius 2 is 2.12 bits per heavy atom. The molecule has 1 heterocycles. The Hall–Kier alpha value is -0.940. The summed E-state index contributed by atoms with van der Waals surface area (Å²) in [6, 6.07) is 7.81. The maximum atomic E-state index is 10.2.